The van der Waals surface area contributed by atoms with E-state index in [1.54, 1.807) is 0 Å². The van der Waals surface area contributed by atoms with Gasteiger partial charge in [-0.15, -0.1) is 11.3 Å². The fraction of sp³-hybridized carbons (Fsp3) is 0.133. The van der Waals surface area contributed by atoms with Gasteiger partial charge >= 0.3 is 0 Å². The summed E-state index contributed by atoms with van der Waals surface area (Å²) < 4.78 is 13.3. The van der Waals surface area contributed by atoms with Crippen LogP contribution in [0.25, 0.3) is 0 Å². The number of halogens is 2. The number of nitrogens with two attached hydrogens (primary N) is 1. The number of thiophene rings is 1. The average molecular weight is 323 g/mol. The topological polar surface area (TPSA) is 55.1 Å². The first-order chi connectivity index (χ1) is 10.1. The lowest BCUT2D eigenvalue weighted by molar-refractivity contribution is 0.0951. The Morgan fingerprint density at radius 2 is 2.24 bits per heavy atom. The van der Waals surface area contributed by atoms with Crippen molar-refractivity contribution in [3.63, 3.8) is 0 Å². The first-order valence-corrected chi connectivity index (χ1v) is 7.35. The minimum atomic E-state index is -0.611. The summed E-state index contributed by atoms with van der Waals surface area (Å²) in [5.41, 5.74) is 6.40. The van der Waals surface area contributed by atoms with E-state index in [1.165, 1.54) is 23.5 Å². The van der Waals surface area contributed by atoms with Gasteiger partial charge in [0.15, 0.2) is 0 Å². The molecule has 0 saturated heterocycles. The number of nitrogens with one attached hydrogen (secondary N) is 1. The van der Waals surface area contributed by atoms with Crippen molar-refractivity contribution in [2.24, 2.45) is 5.73 Å². The van der Waals surface area contributed by atoms with Crippen molar-refractivity contribution in [2.75, 3.05) is 6.54 Å². The standard InChI is InChI=1S/C15H12ClFN2OS/c16-13-4-3-11(7-14(13)17)15(20)19-8-12-6-10(9-21-12)2-1-5-18/h3-4,6-7,9H,5,8,18H2,(H,19,20). The Morgan fingerprint density at radius 3 is 2.95 bits per heavy atom. The largest absolute Gasteiger partial charge is 0.347 e. The van der Waals surface area contributed by atoms with Gasteiger partial charge in [-0.05, 0) is 24.3 Å². The zero-order valence-corrected chi connectivity index (χ0v) is 12.5. The van der Waals surface area contributed by atoms with Crippen LogP contribution in [0.2, 0.25) is 5.02 Å². The number of benzene rings is 1. The molecule has 0 bridgehead atoms. The number of hydrogen-bond donors (Lipinski definition) is 2. The second kappa shape index (κ2) is 7.23. The molecule has 6 heteroatoms. The van der Waals surface area contributed by atoms with Gasteiger partial charge in [-0.3, -0.25) is 4.79 Å². The summed E-state index contributed by atoms with van der Waals surface area (Å²) in [5, 5.41) is 4.61. The molecular weight excluding hydrogens is 311 g/mol. The zero-order chi connectivity index (χ0) is 15.2. The molecule has 0 aliphatic heterocycles. The van der Waals surface area contributed by atoms with E-state index in [1.807, 2.05) is 11.4 Å². The van der Waals surface area contributed by atoms with Crippen LogP contribution >= 0.6 is 22.9 Å². The predicted molar refractivity (Wildman–Crippen MR) is 82.8 cm³/mol. The Kier molecular flexibility index (Phi) is 5.34. The molecule has 0 fully saturated rings. The maximum Gasteiger partial charge on any atom is 0.251 e. The summed E-state index contributed by atoms with van der Waals surface area (Å²) in [6, 6.07) is 5.84. The van der Waals surface area contributed by atoms with E-state index in [-0.39, 0.29) is 16.5 Å². The molecule has 0 saturated carbocycles. The van der Waals surface area contributed by atoms with E-state index in [4.69, 9.17) is 17.3 Å². The van der Waals surface area contributed by atoms with Crippen molar-refractivity contribution in [2.45, 2.75) is 6.54 Å². The number of rotatable bonds is 3. The number of amides is 1. The van der Waals surface area contributed by atoms with Gasteiger partial charge in [0.25, 0.3) is 5.91 Å². The van der Waals surface area contributed by atoms with Crippen molar-refractivity contribution in [1.29, 1.82) is 0 Å². The maximum atomic E-state index is 13.3. The normalized spacial score (nSPS) is 9.86. The van der Waals surface area contributed by atoms with Gasteiger partial charge in [-0.1, -0.05) is 23.4 Å². The average Bonchev–Trinajstić information content (AvgIpc) is 2.93. The van der Waals surface area contributed by atoms with Crippen molar-refractivity contribution in [3.05, 3.63) is 56.5 Å². The Balaban J connectivity index is 1.97. The minimum absolute atomic E-state index is 0.00655. The van der Waals surface area contributed by atoms with Gasteiger partial charge in [0.1, 0.15) is 5.82 Å². The van der Waals surface area contributed by atoms with Crippen LogP contribution in [-0.2, 0) is 6.54 Å². The molecule has 2 aromatic rings. The SMILES string of the molecule is NCC#Cc1csc(CNC(=O)c2ccc(Cl)c(F)c2)c1. The second-order valence-electron chi connectivity index (χ2n) is 4.12. The van der Waals surface area contributed by atoms with Crippen LogP contribution in [0.15, 0.2) is 29.6 Å². The molecule has 0 spiro atoms. The third-order valence-corrected chi connectivity index (χ3v) is 3.84. The second-order valence-corrected chi connectivity index (χ2v) is 5.52. The van der Waals surface area contributed by atoms with Crippen molar-refractivity contribution < 1.29 is 9.18 Å². The Hall–Kier alpha value is -1.87. The van der Waals surface area contributed by atoms with Crippen LogP contribution in [-0.4, -0.2) is 12.5 Å². The lowest BCUT2D eigenvalue weighted by Gasteiger charge is -2.04. The van der Waals surface area contributed by atoms with Gasteiger partial charge in [-0.2, -0.15) is 0 Å². The molecule has 0 radical (unpaired) electrons. The van der Waals surface area contributed by atoms with Gasteiger partial charge in [0.05, 0.1) is 18.1 Å². The molecule has 1 aromatic carbocycles. The number of hydrogen-bond acceptors (Lipinski definition) is 3. The van der Waals surface area contributed by atoms with Crippen LogP contribution < -0.4 is 11.1 Å². The fourth-order valence-corrected chi connectivity index (χ4v) is 2.47. The molecule has 0 unspecified atom stereocenters. The lowest BCUT2D eigenvalue weighted by atomic mass is 10.2. The van der Waals surface area contributed by atoms with Crippen molar-refractivity contribution in [3.8, 4) is 11.8 Å². The first kappa shape index (κ1) is 15.5. The van der Waals surface area contributed by atoms with E-state index in [0.29, 0.717) is 13.1 Å². The molecule has 3 N–H and O–H groups in total. The Labute approximate surface area is 130 Å². The highest BCUT2D eigenvalue weighted by atomic mass is 35.5. The third kappa shape index (κ3) is 4.30. The summed E-state index contributed by atoms with van der Waals surface area (Å²) in [6.07, 6.45) is 0. The van der Waals surface area contributed by atoms with Gasteiger partial charge < -0.3 is 11.1 Å². The number of carbonyl (C=O) groups excluding carboxylic acids is 1. The van der Waals surface area contributed by atoms with Crippen LogP contribution in [0.3, 0.4) is 0 Å². The van der Waals surface area contributed by atoms with Crippen LogP contribution in [0.1, 0.15) is 20.8 Å². The summed E-state index contributed by atoms with van der Waals surface area (Å²) in [7, 11) is 0. The van der Waals surface area contributed by atoms with Gasteiger partial charge in [-0.25, -0.2) is 4.39 Å². The molecular formula is C15H12ClFN2OS. The maximum absolute atomic E-state index is 13.3. The quantitative estimate of drug-likeness (QED) is 0.854. The number of carbonyl (C=O) groups is 1. The highest BCUT2D eigenvalue weighted by Gasteiger charge is 2.09. The molecule has 0 aliphatic carbocycles. The summed E-state index contributed by atoms with van der Waals surface area (Å²) >= 11 is 7.07. The lowest BCUT2D eigenvalue weighted by Crippen LogP contribution is -2.22. The zero-order valence-electron chi connectivity index (χ0n) is 11.0. The third-order valence-electron chi connectivity index (χ3n) is 2.59. The molecule has 1 heterocycles. The highest BCUT2D eigenvalue weighted by molar-refractivity contribution is 7.10. The van der Waals surface area contributed by atoms with Crippen molar-refractivity contribution in [1.82, 2.24) is 5.32 Å². The first-order valence-electron chi connectivity index (χ1n) is 6.09. The summed E-state index contributed by atoms with van der Waals surface area (Å²) in [5.74, 6) is 4.71. The minimum Gasteiger partial charge on any atom is -0.347 e. The smallest absolute Gasteiger partial charge is 0.251 e. The van der Waals surface area contributed by atoms with Crippen LogP contribution in [0.5, 0.6) is 0 Å². The summed E-state index contributed by atoms with van der Waals surface area (Å²) in [4.78, 5) is 12.9. The molecule has 1 amide bonds. The molecule has 1 aromatic heterocycles. The Bertz CT molecular complexity index is 718. The molecule has 2 rings (SSSR count). The molecule has 0 aliphatic rings. The summed E-state index contributed by atoms with van der Waals surface area (Å²) in [6.45, 7) is 0.669. The van der Waals surface area contributed by atoms with Gasteiger partial charge in [0.2, 0.25) is 0 Å². The molecule has 21 heavy (non-hydrogen) atoms. The van der Waals surface area contributed by atoms with Crippen molar-refractivity contribution >= 4 is 28.8 Å². The molecule has 0 atom stereocenters. The monoisotopic (exact) mass is 322 g/mol. The van der Waals surface area contributed by atoms with Crippen LogP contribution in [0, 0.1) is 17.7 Å². The van der Waals surface area contributed by atoms with E-state index in [9.17, 15) is 9.18 Å². The molecule has 108 valence electrons. The highest BCUT2D eigenvalue weighted by Crippen LogP contribution is 2.16. The van der Waals surface area contributed by atoms with E-state index >= 15 is 0 Å². The predicted octanol–water partition coefficient (Wildman–Crippen LogP) is 2.78. The van der Waals surface area contributed by atoms with E-state index in [2.05, 4.69) is 17.2 Å². The fourth-order valence-electron chi connectivity index (χ4n) is 1.60. The van der Waals surface area contributed by atoms with Gasteiger partial charge in [0, 0.05) is 21.4 Å². The van der Waals surface area contributed by atoms with Crippen LogP contribution in [0.4, 0.5) is 4.39 Å². The van der Waals surface area contributed by atoms with E-state index in [0.717, 1.165) is 16.5 Å². The molecule has 3 nitrogen and oxygen atoms in total. The van der Waals surface area contributed by atoms with E-state index < -0.39 is 5.82 Å². The Morgan fingerprint density at radius 1 is 1.43 bits per heavy atom.